The monoisotopic (exact) mass is 358 g/mol. The van der Waals surface area contributed by atoms with Crippen molar-refractivity contribution in [2.45, 2.75) is 71.4 Å². The van der Waals surface area contributed by atoms with Gasteiger partial charge in [-0.2, -0.15) is 0 Å². The van der Waals surface area contributed by atoms with Crippen LogP contribution >= 0.6 is 0 Å². The van der Waals surface area contributed by atoms with E-state index in [2.05, 4.69) is 60.6 Å². The lowest BCUT2D eigenvalue weighted by atomic mass is 9.96. The lowest BCUT2D eigenvalue weighted by Crippen LogP contribution is -2.47. The summed E-state index contributed by atoms with van der Waals surface area (Å²) in [6, 6.07) is 9.27. The smallest absolute Gasteiger partial charge is 0.191 e. The minimum atomic E-state index is 0.364. The molecule has 3 rings (SSSR count). The number of hydrogen-bond acceptors (Lipinski definition) is 3. The van der Waals surface area contributed by atoms with Gasteiger partial charge in [0.05, 0.1) is 24.8 Å². The van der Waals surface area contributed by atoms with Crippen molar-refractivity contribution in [1.29, 1.82) is 0 Å². The second kappa shape index (κ2) is 9.38. The minimum Gasteiger partial charge on any atom is -0.373 e. The zero-order valence-corrected chi connectivity index (χ0v) is 16.5. The molecule has 0 amide bonds. The summed E-state index contributed by atoms with van der Waals surface area (Å²) >= 11 is 0. The van der Waals surface area contributed by atoms with Crippen LogP contribution in [-0.4, -0.2) is 48.7 Å². The molecule has 3 atom stereocenters. The SMILES string of the molecule is CCNC(=NCc1ccc(CN(CC)CC)cc1)NC1CC2CCC1O2. The van der Waals surface area contributed by atoms with Crippen LogP contribution in [0.4, 0.5) is 0 Å². The highest BCUT2D eigenvalue weighted by Crippen LogP contribution is 2.34. The maximum absolute atomic E-state index is 5.94. The van der Waals surface area contributed by atoms with Crippen LogP contribution in [0.25, 0.3) is 0 Å². The third-order valence-electron chi connectivity index (χ3n) is 5.52. The zero-order valence-electron chi connectivity index (χ0n) is 16.5. The molecule has 2 saturated heterocycles. The number of guanidine groups is 1. The van der Waals surface area contributed by atoms with Gasteiger partial charge in [-0.25, -0.2) is 4.99 Å². The Morgan fingerprint density at radius 1 is 1.12 bits per heavy atom. The number of aliphatic imine (C=N–C) groups is 1. The molecule has 3 unspecified atom stereocenters. The van der Waals surface area contributed by atoms with E-state index in [0.717, 1.165) is 38.6 Å². The normalized spacial score (nSPS) is 25.1. The number of nitrogens with one attached hydrogen (secondary N) is 2. The zero-order chi connectivity index (χ0) is 18.4. The van der Waals surface area contributed by atoms with Crippen LogP contribution in [0.2, 0.25) is 0 Å². The maximum Gasteiger partial charge on any atom is 0.191 e. The topological polar surface area (TPSA) is 48.9 Å². The van der Waals surface area contributed by atoms with Crippen molar-refractivity contribution in [2.75, 3.05) is 19.6 Å². The molecule has 0 radical (unpaired) electrons. The first-order chi connectivity index (χ1) is 12.7. The van der Waals surface area contributed by atoms with E-state index in [1.54, 1.807) is 0 Å². The Labute approximate surface area is 158 Å². The number of rotatable bonds is 8. The van der Waals surface area contributed by atoms with Gasteiger partial charge in [-0.15, -0.1) is 0 Å². The second-order valence-electron chi connectivity index (χ2n) is 7.33. The molecule has 26 heavy (non-hydrogen) atoms. The third kappa shape index (κ3) is 4.98. The predicted molar refractivity (Wildman–Crippen MR) is 107 cm³/mol. The first kappa shape index (κ1) is 19.2. The van der Waals surface area contributed by atoms with E-state index >= 15 is 0 Å². The molecule has 1 aromatic carbocycles. The molecule has 144 valence electrons. The van der Waals surface area contributed by atoms with Gasteiger partial charge in [0, 0.05) is 13.1 Å². The van der Waals surface area contributed by atoms with Crippen molar-refractivity contribution in [1.82, 2.24) is 15.5 Å². The lowest BCUT2D eigenvalue weighted by Gasteiger charge is -2.22. The Balaban J connectivity index is 1.55. The molecule has 2 aliphatic rings. The average Bonchev–Trinajstić information content (AvgIpc) is 3.28. The molecular formula is C21H34N4O. The number of fused-ring (bicyclic) bond motifs is 2. The lowest BCUT2D eigenvalue weighted by molar-refractivity contribution is 0.0992. The van der Waals surface area contributed by atoms with Crippen LogP contribution < -0.4 is 10.6 Å². The molecule has 0 saturated carbocycles. The summed E-state index contributed by atoms with van der Waals surface area (Å²) in [6.07, 6.45) is 4.32. The highest BCUT2D eigenvalue weighted by atomic mass is 16.5. The molecule has 2 fully saturated rings. The van der Waals surface area contributed by atoms with Crippen LogP contribution in [0.15, 0.2) is 29.3 Å². The summed E-state index contributed by atoms with van der Waals surface area (Å²) in [5.74, 6) is 0.904. The molecule has 2 heterocycles. The first-order valence-electron chi connectivity index (χ1n) is 10.2. The summed E-state index contributed by atoms with van der Waals surface area (Å²) in [6.45, 7) is 11.3. The van der Waals surface area contributed by atoms with Crippen molar-refractivity contribution in [3.8, 4) is 0 Å². The molecular weight excluding hydrogens is 324 g/mol. The summed E-state index contributed by atoms with van der Waals surface area (Å²) in [5, 5.41) is 6.95. The maximum atomic E-state index is 5.94. The number of hydrogen-bond donors (Lipinski definition) is 2. The van der Waals surface area contributed by atoms with E-state index in [1.165, 1.54) is 24.0 Å². The van der Waals surface area contributed by atoms with E-state index in [-0.39, 0.29) is 0 Å². The van der Waals surface area contributed by atoms with Gasteiger partial charge < -0.3 is 15.4 Å². The summed E-state index contributed by atoms with van der Waals surface area (Å²) in [7, 11) is 0. The number of benzene rings is 1. The van der Waals surface area contributed by atoms with Gasteiger partial charge in [-0.1, -0.05) is 38.1 Å². The Morgan fingerprint density at radius 2 is 1.85 bits per heavy atom. The van der Waals surface area contributed by atoms with Crippen molar-refractivity contribution in [2.24, 2.45) is 4.99 Å². The number of ether oxygens (including phenoxy) is 1. The quantitative estimate of drug-likeness (QED) is 0.554. The molecule has 2 aliphatic heterocycles. The third-order valence-corrected chi connectivity index (χ3v) is 5.52. The summed E-state index contributed by atoms with van der Waals surface area (Å²) in [5.41, 5.74) is 2.61. The Kier molecular flexibility index (Phi) is 6.92. The average molecular weight is 359 g/mol. The van der Waals surface area contributed by atoms with Gasteiger partial charge in [-0.05, 0) is 50.4 Å². The van der Waals surface area contributed by atoms with Gasteiger partial charge in [0.15, 0.2) is 5.96 Å². The van der Waals surface area contributed by atoms with Crippen LogP contribution in [0.5, 0.6) is 0 Å². The van der Waals surface area contributed by atoms with Crippen LogP contribution in [0.3, 0.4) is 0 Å². The largest absolute Gasteiger partial charge is 0.373 e. The molecule has 5 heteroatoms. The van der Waals surface area contributed by atoms with Crippen LogP contribution in [-0.2, 0) is 17.8 Å². The Morgan fingerprint density at radius 3 is 2.42 bits per heavy atom. The second-order valence-corrected chi connectivity index (χ2v) is 7.33. The van der Waals surface area contributed by atoms with Gasteiger partial charge in [0.25, 0.3) is 0 Å². The molecule has 0 spiro atoms. The molecule has 2 N–H and O–H groups in total. The summed E-state index contributed by atoms with van der Waals surface area (Å²) < 4.78 is 5.94. The predicted octanol–water partition coefficient (Wildman–Crippen LogP) is 2.90. The van der Waals surface area contributed by atoms with E-state index in [1.807, 2.05) is 0 Å². The van der Waals surface area contributed by atoms with E-state index in [4.69, 9.17) is 9.73 Å². The minimum absolute atomic E-state index is 0.364. The van der Waals surface area contributed by atoms with Crippen LogP contribution in [0.1, 0.15) is 51.2 Å². The van der Waals surface area contributed by atoms with E-state index in [0.29, 0.717) is 24.8 Å². The van der Waals surface area contributed by atoms with Crippen molar-refractivity contribution in [3.63, 3.8) is 0 Å². The fourth-order valence-electron chi connectivity index (χ4n) is 3.91. The molecule has 5 nitrogen and oxygen atoms in total. The fraction of sp³-hybridized carbons (Fsp3) is 0.667. The molecule has 1 aromatic rings. The van der Waals surface area contributed by atoms with Crippen LogP contribution in [0, 0.1) is 0 Å². The Hall–Kier alpha value is -1.59. The van der Waals surface area contributed by atoms with Crippen molar-refractivity contribution >= 4 is 5.96 Å². The highest BCUT2D eigenvalue weighted by Gasteiger charge is 2.41. The first-order valence-corrected chi connectivity index (χ1v) is 10.2. The highest BCUT2D eigenvalue weighted by molar-refractivity contribution is 5.80. The van der Waals surface area contributed by atoms with Gasteiger partial charge >= 0.3 is 0 Å². The molecule has 0 aliphatic carbocycles. The molecule has 0 aromatic heterocycles. The van der Waals surface area contributed by atoms with Crippen molar-refractivity contribution < 1.29 is 4.74 Å². The van der Waals surface area contributed by atoms with Gasteiger partial charge in [-0.3, -0.25) is 4.90 Å². The summed E-state index contributed by atoms with van der Waals surface area (Å²) in [4.78, 5) is 7.21. The van der Waals surface area contributed by atoms with Gasteiger partial charge in [0.1, 0.15) is 0 Å². The van der Waals surface area contributed by atoms with Gasteiger partial charge in [0.2, 0.25) is 0 Å². The Bertz CT molecular complexity index is 582. The van der Waals surface area contributed by atoms with E-state index < -0.39 is 0 Å². The van der Waals surface area contributed by atoms with Crippen molar-refractivity contribution in [3.05, 3.63) is 35.4 Å². The molecule has 2 bridgehead atoms. The number of nitrogens with zero attached hydrogens (tertiary/aromatic N) is 2. The standard InChI is InChI=1S/C21H34N4O/c1-4-22-21(24-19-13-18-11-12-20(19)26-18)23-14-16-7-9-17(10-8-16)15-25(5-2)6-3/h7-10,18-20H,4-6,11-15H2,1-3H3,(H2,22,23,24). The van der Waals surface area contributed by atoms with E-state index in [9.17, 15) is 0 Å². The fourth-order valence-corrected chi connectivity index (χ4v) is 3.91.